The van der Waals surface area contributed by atoms with E-state index in [0.29, 0.717) is 108 Å². The van der Waals surface area contributed by atoms with Crippen LogP contribution in [-0.4, -0.2) is 140 Å². The number of nitrogens with zero attached hydrogens (tertiary/aromatic N) is 4. The van der Waals surface area contributed by atoms with Crippen LogP contribution in [0.5, 0.6) is 11.5 Å². The van der Waals surface area contributed by atoms with E-state index < -0.39 is 6.72 Å². The Hall–Kier alpha value is -6.69. The van der Waals surface area contributed by atoms with Crippen LogP contribution in [0.15, 0.2) is 113 Å². The number of carbonyl (C=O) groups excluding carboxylic acids is 3. The number of fused-ring (bicyclic) bond motifs is 6. The predicted molar refractivity (Wildman–Crippen MR) is 299 cm³/mol. The number of ether oxygens (including phenoxy) is 6. The first-order valence-electron chi connectivity index (χ1n) is 26.1. The van der Waals surface area contributed by atoms with Gasteiger partial charge >= 0.3 is 6.72 Å². The number of rotatable bonds is 34. The minimum absolute atomic E-state index is 0.0185. The summed E-state index contributed by atoms with van der Waals surface area (Å²) >= 11 is 4.45. The van der Waals surface area contributed by atoms with Crippen LogP contribution in [0, 0.1) is 0 Å². The fourth-order valence-corrected chi connectivity index (χ4v) is 9.09. The minimum Gasteiger partial charge on any atom is -0.504 e. The maximum absolute atomic E-state index is 14.0. The summed E-state index contributed by atoms with van der Waals surface area (Å²) in [5, 5.41) is 25.4. The topological polar surface area (TPSA) is 265 Å². The zero-order valence-corrected chi connectivity index (χ0v) is 45.6. The molecule has 23 heteroatoms. The van der Waals surface area contributed by atoms with E-state index in [9.17, 15) is 24.3 Å². The predicted octanol–water partition coefficient (Wildman–Crippen LogP) is 6.70. The number of aromatic hydroxyl groups is 1. The van der Waals surface area contributed by atoms with Crippen LogP contribution in [0.2, 0.25) is 0 Å². The lowest BCUT2D eigenvalue weighted by Crippen LogP contribution is -2.33. The third-order valence-electron chi connectivity index (χ3n) is 12.4. The largest absolute Gasteiger partial charge is 0.504 e. The normalized spacial score (nSPS) is 12.1. The summed E-state index contributed by atoms with van der Waals surface area (Å²) in [6.45, 7) is 5.28. The standard InChI is InChI=1S/C56H67N6O15PS/c1-2-26-75-55-47(63)20-19-45-48(64)38-49(77-54(45)55)40-15-17-41(18-16-40)56(67)58-24-28-70-30-32-72-34-36-74-37-35-73-33-31-71-29-25-62-53-44-13-7-8-14-46(44)61(39-42-11-5-6-12-43(42)52(53)59-60-62)51(66)22-21-50(65)57-23-9-3-4-10-27-76-78(68,69)79/h2,5-8,11-20,38,63H,1,3-4,9-10,21-37,39H2,(H,57,65)(H,58,67)(H2,68,69,79). The molecule has 0 radical (unpaired) electrons. The fraction of sp³-hybridized carbons (Fsp3) is 0.393. The third kappa shape index (κ3) is 18.2. The van der Waals surface area contributed by atoms with Gasteiger partial charge in [0.25, 0.3) is 5.91 Å². The number of phenolic OH excluding ortho intramolecular Hbond substituents is 1. The van der Waals surface area contributed by atoms with Crippen LogP contribution >= 0.6 is 6.72 Å². The van der Waals surface area contributed by atoms with Gasteiger partial charge in [-0.3, -0.25) is 19.2 Å². The summed E-state index contributed by atoms with van der Waals surface area (Å²) in [6.07, 6.45) is 4.55. The first kappa shape index (κ1) is 60.0. The zero-order valence-electron chi connectivity index (χ0n) is 43.9. The molecule has 3 heterocycles. The van der Waals surface area contributed by atoms with Crippen molar-refractivity contribution in [2.75, 3.05) is 97.3 Å². The SMILES string of the molecule is C=CCOc1c(O)ccc2c(=O)cc(-c3ccc(C(=O)NCCOCCOCCOCCOCCOCCn4nnc5c4-c4ccccc4N(C(=O)CCC(=O)NCCCCCCOP(O)(O)=S)Cc4ccccc4-5)cc3)oc12. The summed E-state index contributed by atoms with van der Waals surface area (Å²) in [4.78, 5) is 72.4. The highest BCUT2D eigenvalue weighted by molar-refractivity contribution is 8.06. The molecule has 0 fully saturated rings. The van der Waals surface area contributed by atoms with Crippen molar-refractivity contribution in [3.8, 4) is 45.3 Å². The van der Waals surface area contributed by atoms with Gasteiger partial charge in [-0.25, -0.2) is 4.68 Å². The van der Waals surface area contributed by atoms with Gasteiger partial charge in [0.1, 0.15) is 18.1 Å². The lowest BCUT2D eigenvalue weighted by molar-refractivity contribution is -0.125. The molecule has 5 N–H and O–H groups in total. The van der Waals surface area contributed by atoms with Crippen molar-refractivity contribution in [2.45, 2.75) is 51.6 Å². The number of hydrogen-bond donors (Lipinski definition) is 5. The monoisotopic (exact) mass is 1130 g/mol. The Labute approximate surface area is 462 Å². The van der Waals surface area contributed by atoms with Gasteiger partial charge in [0, 0.05) is 54.3 Å². The summed E-state index contributed by atoms with van der Waals surface area (Å²) in [6, 6.07) is 26.2. The van der Waals surface area contributed by atoms with Gasteiger partial charge in [-0.05, 0) is 60.5 Å². The van der Waals surface area contributed by atoms with Gasteiger partial charge in [-0.2, -0.15) is 0 Å². The first-order valence-corrected chi connectivity index (χ1v) is 28.7. The molecule has 422 valence electrons. The fourth-order valence-electron chi connectivity index (χ4n) is 8.50. The maximum Gasteiger partial charge on any atom is 0.321 e. The van der Waals surface area contributed by atoms with Crippen molar-refractivity contribution in [1.82, 2.24) is 25.6 Å². The Morgan fingerprint density at radius 2 is 1.41 bits per heavy atom. The van der Waals surface area contributed by atoms with Gasteiger partial charge < -0.3 is 67.8 Å². The Bertz CT molecular complexity index is 3080. The van der Waals surface area contributed by atoms with Crippen molar-refractivity contribution in [1.29, 1.82) is 0 Å². The number of unbranched alkanes of at least 4 members (excludes halogenated alkanes) is 3. The second-order valence-electron chi connectivity index (χ2n) is 18.0. The van der Waals surface area contributed by atoms with Crippen LogP contribution in [0.4, 0.5) is 5.69 Å². The molecule has 1 aliphatic rings. The summed E-state index contributed by atoms with van der Waals surface area (Å²) in [7, 11) is 0. The average Bonchev–Trinajstić information content (AvgIpc) is 4.14. The van der Waals surface area contributed by atoms with Crippen molar-refractivity contribution in [3.63, 3.8) is 0 Å². The van der Waals surface area contributed by atoms with E-state index in [1.54, 1.807) is 33.8 Å². The Kier molecular flexibility index (Phi) is 23.7. The molecule has 79 heavy (non-hydrogen) atoms. The van der Waals surface area contributed by atoms with Gasteiger partial charge in [0.2, 0.25) is 17.6 Å². The Morgan fingerprint density at radius 1 is 0.747 bits per heavy atom. The molecule has 7 rings (SSSR count). The van der Waals surface area contributed by atoms with E-state index in [-0.39, 0.29) is 90.6 Å². The number of phenols is 1. The molecule has 0 saturated heterocycles. The number of nitrogens with one attached hydrogen (secondary N) is 2. The number of anilines is 1. The van der Waals surface area contributed by atoms with Gasteiger partial charge in [0.15, 0.2) is 16.8 Å². The molecular formula is C56H67N6O15PS. The summed E-state index contributed by atoms with van der Waals surface area (Å²) in [5.74, 6) is -0.554. The van der Waals surface area contributed by atoms with Crippen molar-refractivity contribution < 1.29 is 66.6 Å². The number of hydrogen-bond acceptors (Lipinski definition) is 16. The lowest BCUT2D eigenvalue weighted by atomic mass is 9.95. The van der Waals surface area contributed by atoms with Crippen LogP contribution in [-0.2, 0) is 62.7 Å². The van der Waals surface area contributed by atoms with Gasteiger partial charge in [0.05, 0.1) is 103 Å². The van der Waals surface area contributed by atoms with E-state index >= 15 is 0 Å². The second-order valence-corrected chi connectivity index (χ2v) is 20.7. The van der Waals surface area contributed by atoms with Crippen LogP contribution in [0.25, 0.3) is 44.8 Å². The Balaban J connectivity index is 0.736. The highest BCUT2D eigenvalue weighted by Gasteiger charge is 2.29. The number of carbonyl (C=O) groups is 3. The van der Waals surface area contributed by atoms with Gasteiger partial charge in [-0.15, -0.1) is 5.10 Å². The van der Waals surface area contributed by atoms with Gasteiger partial charge in [-0.1, -0.05) is 85.3 Å². The molecule has 1 aliphatic heterocycles. The molecular weight excluding hydrogens is 1060 g/mol. The third-order valence-corrected chi connectivity index (χ3v) is 13.2. The molecule has 0 aliphatic carbocycles. The molecule has 6 aromatic rings. The number of benzene rings is 4. The lowest BCUT2D eigenvalue weighted by Gasteiger charge is -2.28. The van der Waals surface area contributed by atoms with E-state index in [0.717, 1.165) is 41.6 Å². The molecule has 0 atom stereocenters. The van der Waals surface area contributed by atoms with E-state index in [1.165, 1.54) is 24.3 Å². The molecule has 0 unspecified atom stereocenters. The van der Waals surface area contributed by atoms with E-state index in [4.69, 9.17) is 47.1 Å². The van der Waals surface area contributed by atoms with Crippen LogP contribution < -0.4 is 25.7 Å². The second kappa shape index (κ2) is 31.2. The van der Waals surface area contributed by atoms with E-state index in [2.05, 4.69) is 39.3 Å². The van der Waals surface area contributed by atoms with Crippen molar-refractivity contribution in [2.24, 2.45) is 0 Å². The van der Waals surface area contributed by atoms with Crippen molar-refractivity contribution >= 4 is 52.9 Å². The number of para-hydroxylation sites is 1. The highest BCUT2D eigenvalue weighted by atomic mass is 32.5. The molecule has 3 amide bonds. The summed E-state index contributed by atoms with van der Waals surface area (Å²) in [5.41, 5.74) is 5.48. The number of amides is 3. The molecule has 0 bridgehead atoms. The quantitative estimate of drug-likeness (QED) is 0.0160. The minimum atomic E-state index is -3.63. The first-order chi connectivity index (χ1) is 38.4. The number of aromatic nitrogens is 3. The Morgan fingerprint density at radius 3 is 2.11 bits per heavy atom. The van der Waals surface area contributed by atoms with Crippen molar-refractivity contribution in [3.05, 3.63) is 125 Å². The highest BCUT2D eigenvalue weighted by Crippen LogP contribution is 2.42. The molecule has 0 saturated carbocycles. The van der Waals surface area contributed by atoms with Crippen LogP contribution in [0.1, 0.15) is 54.4 Å². The molecule has 0 spiro atoms. The molecule has 2 aromatic heterocycles. The smallest absolute Gasteiger partial charge is 0.321 e. The van der Waals surface area contributed by atoms with E-state index in [1.807, 2.05) is 48.5 Å². The van der Waals surface area contributed by atoms with Crippen LogP contribution in [0.3, 0.4) is 0 Å². The zero-order chi connectivity index (χ0) is 55.8. The average molecular weight is 1130 g/mol. The maximum atomic E-state index is 14.0. The summed E-state index contributed by atoms with van der Waals surface area (Å²) < 4.78 is 46.6. The molecule has 21 nitrogen and oxygen atoms in total. The molecule has 4 aromatic carbocycles.